The number of nitrogens with one attached hydrogen (secondary N) is 2. The molecule has 4 nitrogen and oxygen atoms in total. The summed E-state index contributed by atoms with van der Waals surface area (Å²) in [5.41, 5.74) is 2.15. The molecule has 1 atom stereocenters. The number of allylic oxidation sites excluding steroid dienone is 4. The van der Waals surface area contributed by atoms with Crippen LogP contribution < -0.4 is 10.6 Å². The van der Waals surface area contributed by atoms with Gasteiger partial charge in [0.15, 0.2) is 0 Å². The first-order valence-electron chi connectivity index (χ1n) is 9.10. The molecule has 0 aromatic heterocycles. The van der Waals surface area contributed by atoms with Gasteiger partial charge in [0.1, 0.15) is 0 Å². The topological polar surface area (TPSA) is 58.2 Å². The van der Waals surface area contributed by atoms with E-state index in [1.165, 1.54) is 0 Å². The lowest BCUT2D eigenvalue weighted by Gasteiger charge is -2.18. The second kappa shape index (κ2) is 8.15. The molecular weight excluding hydrogens is 312 g/mol. The smallest absolute Gasteiger partial charge is 0.224 e. The monoisotopic (exact) mass is 338 g/mol. The zero-order valence-electron chi connectivity index (χ0n) is 14.7. The molecule has 0 bridgehead atoms. The molecular formula is C21H26N2O2. The fourth-order valence-corrected chi connectivity index (χ4v) is 3.33. The van der Waals surface area contributed by atoms with Gasteiger partial charge in [-0.05, 0) is 43.7 Å². The summed E-state index contributed by atoms with van der Waals surface area (Å²) < 4.78 is 0. The Kier molecular flexibility index (Phi) is 5.69. The Bertz CT molecular complexity index is 660. The molecule has 0 radical (unpaired) electrons. The van der Waals surface area contributed by atoms with E-state index in [9.17, 15) is 9.59 Å². The zero-order valence-corrected chi connectivity index (χ0v) is 14.7. The highest BCUT2D eigenvalue weighted by atomic mass is 16.2. The summed E-state index contributed by atoms with van der Waals surface area (Å²) >= 11 is 0. The molecule has 0 saturated heterocycles. The van der Waals surface area contributed by atoms with Crippen LogP contribution in [-0.2, 0) is 16.1 Å². The summed E-state index contributed by atoms with van der Waals surface area (Å²) in [5.74, 6) is 0.431. The number of rotatable bonds is 6. The van der Waals surface area contributed by atoms with Crippen LogP contribution in [0.25, 0.3) is 0 Å². The van der Waals surface area contributed by atoms with Gasteiger partial charge in [0.05, 0.1) is 6.04 Å². The van der Waals surface area contributed by atoms with Crippen molar-refractivity contribution in [1.82, 2.24) is 10.6 Å². The molecule has 0 heterocycles. The fourth-order valence-electron chi connectivity index (χ4n) is 3.33. The standard InChI is InChI=1S/C21H26N2O2/c1-15(23-21(25)19-8-4-5-9-19)17-12-10-16(11-13-17)14-22-20(24)18-6-2-3-7-18/h2-5,10-13,15,18-19H,6-9,14H2,1H3,(H,22,24)(H,23,25)/t15-/m1/s1. The number of hydrogen-bond donors (Lipinski definition) is 2. The number of carbonyl (C=O) groups excluding carboxylic acids is 2. The molecule has 2 N–H and O–H groups in total. The van der Waals surface area contributed by atoms with Crippen LogP contribution in [0.5, 0.6) is 0 Å². The van der Waals surface area contributed by atoms with Gasteiger partial charge in [-0.25, -0.2) is 0 Å². The van der Waals surface area contributed by atoms with E-state index in [1.807, 2.05) is 31.2 Å². The van der Waals surface area contributed by atoms with Gasteiger partial charge in [0, 0.05) is 18.4 Å². The van der Waals surface area contributed by atoms with Crippen LogP contribution in [0, 0.1) is 11.8 Å². The maximum atomic E-state index is 12.2. The quantitative estimate of drug-likeness (QED) is 0.781. The molecule has 3 rings (SSSR count). The van der Waals surface area contributed by atoms with Gasteiger partial charge in [-0.2, -0.15) is 0 Å². The third-order valence-electron chi connectivity index (χ3n) is 5.06. The highest BCUT2D eigenvalue weighted by Crippen LogP contribution is 2.21. The van der Waals surface area contributed by atoms with Gasteiger partial charge in [0.25, 0.3) is 0 Å². The van der Waals surface area contributed by atoms with Crippen LogP contribution >= 0.6 is 0 Å². The Morgan fingerprint density at radius 3 is 2.00 bits per heavy atom. The second-order valence-corrected chi connectivity index (χ2v) is 6.97. The lowest BCUT2D eigenvalue weighted by molar-refractivity contribution is -0.125. The first-order chi connectivity index (χ1) is 12.1. The van der Waals surface area contributed by atoms with Crippen molar-refractivity contribution in [2.24, 2.45) is 11.8 Å². The van der Waals surface area contributed by atoms with Crippen molar-refractivity contribution in [3.63, 3.8) is 0 Å². The average molecular weight is 338 g/mol. The molecule has 0 saturated carbocycles. The first kappa shape index (κ1) is 17.5. The average Bonchev–Trinajstić information content (AvgIpc) is 3.33. The van der Waals surface area contributed by atoms with Crippen LogP contribution in [0.2, 0.25) is 0 Å². The molecule has 132 valence electrons. The summed E-state index contributed by atoms with van der Waals surface area (Å²) in [6.07, 6.45) is 11.6. The normalized spacial score (nSPS) is 18.4. The van der Waals surface area contributed by atoms with Crippen molar-refractivity contribution >= 4 is 11.8 Å². The van der Waals surface area contributed by atoms with Crippen molar-refractivity contribution in [3.8, 4) is 0 Å². The molecule has 2 amide bonds. The molecule has 4 heteroatoms. The van der Waals surface area contributed by atoms with Gasteiger partial charge in [-0.1, -0.05) is 48.6 Å². The van der Waals surface area contributed by atoms with E-state index in [2.05, 4.69) is 34.9 Å². The predicted molar refractivity (Wildman–Crippen MR) is 98.6 cm³/mol. The van der Waals surface area contributed by atoms with Crippen LogP contribution in [0.3, 0.4) is 0 Å². The maximum absolute atomic E-state index is 12.2. The van der Waals surface area contributed by atoms with Crippen molar-refractivity contribution < 1.29 is 9.59 Å². The SMILES string of the molecule is C[C@@H](NC(=O)C1CC=CC1)c1ccc(CNC(=O)C2CC=CC2)cc1. The number of hydrogen-bond acceptors (Lipinski definition) is 2. The fraction of sp³-hybridized carbons (Fsp3) is 0.429. The Morgan fingerprint density at radius 1 is 0.920 bits per heavy atom. The van der Waals surface area contributed by atoms with Gasteiger partial charge in [-0.3, -0.25) is 9.59 Å². The Balaban J connectivity index is 1.47. The molecule has 1 aromatic rings. The van der Waals surface area contributed by atoms with Crippen LogP contribution in [-0.4, -0.2) is 11.8 Å². The molecule has 0 unspecified atom stereocenters. The van der Waals surface area contributed by atoms with Gasteiger partial charge < -0.3 is 10.6 Å². The predicted octanol–water partition coefficient (Wildman–Crippen LogP) is 3.41. The minimum absolute atomic E-state index is 0.0127. The van der Waals surface area contributed by atoms with E-state index >= 15 is 0 Å². The molecule has 0 spiro atoms. The van der Waals surface area contributed by atoms with Crippen molar-refractivity contribution in [2.45, 2.75) is 45.2 Å². The second-order valence-electron chi connectivity index (χ2n) is 6.97. The lowest BCUT2D eigenvalue weighted by atomic mass is 10.0. The number of amides is 2. The molecule has 0 fully saturated rings. The highest BCUT2D eigenvalue weighted by molar-refractivity contribution is 5.80. The van der Waals surface area contributed by atoms with Crippen LogP contribution in [0.1, 0.15) is 49.8 Å². The van der Waals surface area contributed by atoms with Crippen molar-refractivity contribution in [2.75, 3.05) is 0 Å². The van der Waals surface area contributed by atoms with E-state index in [0.29, 0.717) is 6.54 Å². The summed E-state index contributed by atoms with van der Waals surface area (Å²) in [5, 5.41) is 6.09. The zero-order chi connectivity index (χ0) is 17.6. The molecule has 1 aromatic carbocycles. The summed E-state index contributed by atoms with van der Waals surface area (Å²) in [4.78, 5) is 24.2. The number of benzene rings is 1. The molecule has 2 aliphatic rings. The molecule has 25 heavy (non-hydrogen) atoms. The van der Waals surface area contributed by atoms with Crippen LogP contribution in [0.4, 0.5) is 0 Å². The Hall–Kier alpha value is -2.36. The number of carbonyl (C=O) groups is 2. The summed E-state index contributed by atoms with van der Waals surface area (Å²) in [6, 6.07) is 8.07. The highest BCUT2D eigenvalue weighted by Gasteiger charge is 2.21. The summed E-state index contributed by atoms with van der Waals surface area (Å²) in [6.45, 7) is 2.55. The van der Waals surface area contributed by atoms with E-state index in [-0.39, 0.29) is 29.7 Å². The first-order valence-corrected chi connectivity index (χ1v) is 9.10. The molecule has 2 aliphatic carbocycles. The van der Waals surface area contributed by atoms with E-state index in [1.54, 1.807) is 0 Å². The van der Waals surface area contributed by atoms with E-state index in [4.69, 9.17) is 0 Å². The van der Waals surface area contributed by atoms with E-state index in [0.717, 1.165) is 36.8 Å². The minimum atomic E-state index is -0.0127. The minimum Gasteiger partial charge on any atom is -0.352 e. The third-order valence-corrected chi connectivity index (χ3v) is 5.06. The largest absolute Gasteiger partial charge is 0.352 e. The van der Waals surface area contributed by atoms with Crippen LogP contribution in [0.15, 0.2) is 48.6 Å². The van der Waals surface area contributed by atoms with Crippen molar-refractivity contribution in [1.29, 1.82) is 0 Å². The third kappa shape index (κ3) is 4.59. The van der Waals surface area contributed by atoms with E-state index < -0.39 is 0 Å². The molecule has 0 aliphatic heterocycles. The Labute approximate surface area is 149 Å². The summed E-state index contributed by atoms with van der Waals surface area (Å²) in [7, 11) is 0. The lowest BCUT2D eigenvalue weighted by Crippen LogP contribution is -2.31. The maximum Gasteiger partial charge on any atom is 0.224 e. The van der Waals surface area contributed by atoms with Gasteiger partial charge >= 0.3 is 0 Å². The Morgan fingerprint density at radius 2 is 1.44 bits per heavy atom. The van der Waals surface area contributed by atoms with Crippen molar-refractivity contribution in [3.05, 3.63) is 59.7 Å². The van der Waals surface area contributed by atoms with Gasteiger partial charge in [-0.15, -0.1) is 0 Å². The van der Waals surface area contributed by atoms with Gasteiger partial charge in [0.2, 0.25) is 11.8 Å².